The Labute approximate surface area is 152 Å². The molecule has 0 saturated heterocycles. The second kappa shape index (κ2) is 5.45. The van der Waals surface area contributed by atoms with Crippen molar-refractivity contribution in [2.75, 3.05) is 0 Å². The van der Waals surface area contributed by atoms with Crippen molar-refractivity contribution in [1.82, 2.24) is 0 Å². The van der Waals surface area contributed by atoms with Crippen LogP contribution in [0.3, 0.4) is 0 Å². The van der Waals surface area contributed by atoms with E-state index < -0.39 is 5.79 Å². The highest BCUT2D eigenvalue weighted by molar-refractivity contribution is 5.45. The molecule has 0 aromatic heterocycles. The maximum absolute atomic E-state index is 14.6. The molecule has 2 aliphatic heterocycles. The summed E-state index contributed by atoms with van der Waals surface area (Å²) >= 11 is 0. The van der Waals surface area contributed by atoms with E-state index >= 15 is 0 Å². The molecule has 136 valence electrons. The fraction of sp³-hybridized carbons (Fsp3) is 0.455. The van der Waals surface area contributed by atoms with E-state index in [1.165, 1.54) is 12.1 Å². The number of fused-ring (bicyclic) bond motifs is 2. The summed E-state index contributed by atoms with van der Waals surface area (Å²) in [5.74, 6) is -0.853. The van der Waals surface area contributed by atoms with E-state index in [0.29, 0.717) is 12.8 Å². The standard InChI is InChI=1S/C22H22F2O2/c1-12-6-14-10-16-4-3-5-17-11-15-7-13(2)9-19(24)21(15)26-22(16,17)25-20(14)18(23)8-12/h6-9,16-17H,3-5,10-11H2,1-2H3/t16-,17-,22?/m1/s1. The number of rotatable bonds is 0. The first kappa shape index (κ1) is 16.1. The summed E-state index contributed by atoms with van der Waals surface area (Å²) in [6, 6.07) is 6.98. The molecule has 0 bridgehead atoms. The monoisotopic (exact) mass is 356 g/mol. The molecule has 5 rings (SSSR count). The Hall–Kier alpha value is -2.10. The average Bonchev–Trinajstić information content (AvgIpc) is 2.58. The van der Waals surface area contributed by atoms with E-state index in [2.05, 4.69) is 0 Å². The molecule has 0 N–H and O–H groups in total. The minimum Gasteiger partial charge on any atom is -0.448 e. The van der Waals surface area contributed by atoms with Crippen molar-refractivity contribution in [3.05, 3.63) is 58.2 Å². The third kappa shape index (κ3) is 2.20. The van der Waals surface area contributed by atoms with Gasteiger partial charge in [0.1, 0.15) is 0 Å². The van der Waals surface area contributed by atoms with E-state index in [4.69, 9.17) is 9.47 Å². The quantitative estimate of drug-likeness (QED) is 0.641. The Kier molecular flexibility index (Phi) is 3.37. The van der Waals surface area contributed by atoms with Crippen LogP contribution in [0.2, 0.25) is 0 Å². The lowest BCUT2D eigenvalue weighted by molar-refractivity contribution is -0.228. The fourth-order valence-electron chi connectivity index (χ4n) is 5.17. The van der Waals surface area contributed by atoms with E-state index in [1.807, 2.05) is 26.0 Å². The van der Waals surface area contributed by atoms with Gasteiger partial charge in [-0.3, -0.25) is 0 Å². The zero-order valence-electron chi connectivity index (χ0n) is 15.1. The molecule has 4 heteroatoms. The van der Waals surface area contributed by atoms with Gasteiger partial charge >= 0.3 is 0 Å². The molecule has 1 aliphatic carbocycles. The molecule has 1 spiro atoms. The summed E-state index contributed by atoms with van der Waals surface area (Å²) in [5, 5.41) is 0. The Balaban J connectivity index is 1.64. The van der Waals surface area contributed by atoms with Crippen molar-refractivity contribution in [3.63, 3.8) is 0 Å². The summed E-state index contributed by atoms with van der Waals surface area (Å²) in [4.78, 5) is 0. The number of ether oxygens (including phenoxy) is 2. The van der Waals surface area contributed by atoms with Gasteiger partial charge in [-0.25, -0.2) is 8.78 Å². The molecule has 0 unspecified atom stereocenters. The molecular formula is C22H22F2O2. The normalized spacial score (nSPS) is 28.8. The van der Waals surface area contributed by atoms with Gasteiger partial charge in [-0.2, -0.15) is 0 Å². The minimum absolute atomic E-state index is 0.115. The second-order valence-corrected chi connectivity index (χ2v) is 8.13. The van der Waals surface area contributed by atoms with Crippen LogP contribution in [0.1, 0.15) is 41.5 Å². The fourth-order valence-corrected chi connectivity index (χ4v) is 5.17. The largest absolute Gasteiger partial charge is 0.448 e. The molecular weight excluding hydrogens is 334 g/mol. The minimum atomic E-state index is -0.954. The highest BCUT2D eigenvalue weighted by atomic mass is 19.1. The Morgan fingerprint density at radius 1 is 0.808 bits per heavy atom. The first-order chi connectivity index (χ1) is 12.5. The summed E-state index contributed by atoms with van der Waals surface area (Å²) in [5.41, 5.74) is 3.59. The first-order valence-electron chi connectivity index (χ1n) is 9.42. The Morgan fingerprint density at radius 2 is 1.27 bits per heavy atom. The highest BCUT2D eigenvalue weighted by Crippen LogP contribution is 2.53. The van der Waals surface area contributed by atoms with Gasteiger partial charge in [0.15, 0.2) is 23.1 Å². The third-order valence-electron chi connectivity index (χ3n) is 6.23. The number of hydrogen-bond acceptors (Lipinski definition) is 2. The van der Waals surface area contributed by atoms with Gasteiger partial charge in [0, 0.05) is 11.8 Å². The van der Waals surface area contributed by atoms with Gasteiger partial charge in [-0.05, 0) is 73.9 Å². The zero-order valence-corrected chi connectivity index (χ0v) is 15.1. The van der Waals surface area contributed by atoms with Crippen molar-refractivity contribution < 1.29 is 18.3 Å². The van der Waals surface area contributed by atoms with Crippen molar-refractivity contribution in [2.24, 2.45) is 11.8 Å². The average molecular weight is 356 g/mol. The van der Waals surface area contributed by atoms with Crippen LogP contribution in [0.4, 0.5) is 8.78 Å². The summed E-state index contributed by atoms with van der Waals surface area (Å²) in [6.07, 6.45) is 4.43. The van der Waals surface area contributed by atoms with Crippen LogP contribution < -0.4 is 9.47 Å². The van der Waals surface area contributed by atoms with Gasteiger partial charge in [-0.1, -0.05) is 18.6 Å². The molecule has 2 heterocycles. The SMILES string of the molecule is Cc1cc(F)c2c(c1)C[C@H]1CCC[C@@H]3Cc4cc(C)cc(F)c4OC13O2. The van der Waals surface area contributed by atoms with Crippen molar-refractivity contribution in [2.45, 2.75) is 51.7 Å². The van der Waals surface area contributed by atoms with Crippen LogP contribution in [0.25, 0.3) is 0 Å². The summed E-state index contributed by atoms with van der Waals surface area (Å²) in [6.45, 7) is 3.78. The third-order valence-corrected chi connectivity index (χ3v) is 6.23. The van der Waals surface area contributed by atoms with Gasteiger partial charge in [-0.15, -0.1) is 0 Å². The van der Waals surface area contributed by atoms with Crippen molar-refractivity contribution >= 4 is 0 Å². The van der Waals surface area contributed by atoms with Crippen LogP contribution in [-0.4, -0.2) is 5.79 Å². The van der Waals surface area contributed by atoms with Crippen LogP contribution >= 0.6 is 0 Å². The Bertz CT molecular complexity index is 832. The van der Waals surface area contributed by atoms with E-state index in [-0.39, 0.29) is 35.0 Å². The molecule has 26 heavy (non-hydrogen) atoms. The van der Waals surface area contributed by atoms with E-state index in [0.717, 1.165) is 41.5 Å². The number of aryl methyl sites for hydroxylation is 2. The maximum atomic E-state index is 14.6. The molecule has 0 radical (unpaired) electrons. The molecule has 1 fully saturated rings. The molecule has 1 saturated carbocycles. The zero-order chi connectivity index (χ0) is 18.1. The molecule has 2 atom stereocenters. The molecule has 2 aromatic carbocycles. The Morgan fingerprint density at radius 3 is 1.73 bits per heavy atom. The van der Waals surface area contributed by atoms with Gasteiger partial charge in [0.2, 0.25) is 0 Å². The number of halogens is 2. The predicted molar refractivity (Wildman–Crippen MR) is 94.5 cm³/mol. The highest BCUT2D eigenvalue weighted by Gasteiger charge is 2.57. The smallest absolute Gasteiger partial charge is 0.257 e. The summed E-state index contributed by atoms with van der Waals surface area (Å²) in [7, 11) is 0. The first-order valence-corrected chi connectivity index (χ1v) is 9.42. The van der Waals surface area contributed by atoms with Crippen LogP contribution in [0, 0.1) is 37.3 Å². The molecule has 2 nitrogen and oxygen atoms in total. The van der Waals surface area contributed by atoms with Gasteiger partial charge in [0.25, 0.3) is 5.79 Å². The lowest BCUT2D eigenvalue weighted by Gasteiger charge is -2.53. The van der Waals surface area contributed by atoms with Gasteiger partial charge in [0.05, 0.1) is 0 Å². The lowest BCUT2D eigenvalue weighted by atomic mass is 9.68. The summed E-state index contributed by atoms with van der Waals surface area (Å²) < 4.78 is 41.8. The number of benzene rings is 2. The van der Waals surface area contributed by atoms with Gasteiger partial charge < -0.3 is 9.47 Å². The van der Waals surface area contributed by atoms with Crippen molar-refractivity contribution in [3.8, 4) is 11.5 Å². The number of hydrogen-bond donors (Lipinski definition) is 0. The molecule has 3 aliphatic rings. The van der Waals surface area contributed by atoms with Crippen molar-refractivity contribution in [1.29, 1.82) is 0 Å². The van der Waals surface area contributed by atoms with E-state index in [1.54, 1.807) is 0 Å². The lowest BCUT2D eigenvalue weighted by Crippen LogP contribution is -2.61. The van der Waals surface area contributed by atoms with Crippen LogP contribution in [-0.2, 0) is 12.8 Å². The predicted octanol–water partition coefficient (Wildman–Crippen LogP) is 5.26. The topological polar surface area (TPSA) is 18.5 Å². The maximum Gasteiger partial charge on any atom is 0.257 e. The molecule has 0 amide bonds. The van der Waals surface area contributed by atoms with Crippen LogP contribution in [0.5, 0.6) is 11.5 Å². The van der Waals surface area contributed by atoms with Crippen LogP contribution in [0.15, 0.2) is 24.3 Å². The van der Waals surface area contributed by atoms with E-state index in [9.17, 15) is 8.78 Å². The molecule has 2 aromatic rings. The second-order valence-electron chi connectivity index (χ2n) is 8.13.